The first-order valence-corrected chi connectivity index (χ1v) is 11.3. The molecule has 0 fully saturated rings. The van der Waals surface area contributed by atoms with E-state index in [1.165, 1.54) is 0 Å². The molecule has 0 unspecified atom stereocenters. The summed E-state index contributed by atoms with van der Waals surface area (Å²) in [6, 6.07) is 20.1. The molecule has 0 N–H and O–H groups in total. The van der Waals surface area contributed by atoms with Crippen LogP contribution in [0, 0.1) is 0 Å². The Morgan fingerprint density at radius 3 is 1.32 bits per heavy atom. The Hall–Kier alpha value is -3.48. The molecule has 0 bridgehead atoms. The van der Waals surface area contributed by atoms with Crippen molar-refractivity contribution in [3.05, 3.63) is 60.7 Å². The third-order valence-electron chi connectivity index (χ3n) is 5.45. The monoisotopic (exact) mass is 462 g/mol. The summed E-state index contributed by atoms with van der Waals surface area (Å²) in [6.45, 7) is 5.34. The molecule has 0 amide bonds. The Balaban J connectivity index is 2.08. The van der Waals surface area contributed by atoms with Crippen molar-refractivity contribution in [2.75, 3.05) is 41.0 Å². The van der Waals surface area contributed by atoms with Gasteiger partial charge in [0.1, 0.15) is 23.0 Å². The van der Waals surface area contributed by atoms with E-state index in [0.29, 0.717) is 24.7 Å². The normalized spacial score (nSPS) is 11.1. The molecule has 4 aromatic carbocycles. The Morgan fingerprint density at radius 1 is 0.529 bits per heavy atom. The summed E-state index contributed by atoms with van der Waals surface area (Å²) in [7, 11) is 3.21. The molecule has 4 rings (SSSR count). The number of hydrogen-bond acceptors (Lipinski definition) is 6. The fourth-order valence-electron chi connectivity index (χ4n) is 4.07. The van der Waals surface area contributed by atoms with Gasteiger partial charge in [-0.15, -0.1) is 0 Å². The highest BCUT2D eigenvalue weighted by atomic mass is 16.7. The first kappa shape index (κ1) is 23.7. The molecule has 6 nitrogen and oxygen atoms in total. The SMILES string of the molecule is CCOc1ccc2ccc(OCOC)c(-c3c(OCOC)ccc4ccc(OCC)cc34)c2c1. The lowest BCUT2D eigenvalue weighted by atomic mass is 9.92. The van der Waals surface area contributed by atoms with Crippen LogP contribution >= 0.6 is 0 Å². The lowest BCUT2D eigenvalue weighted by molar-refractivity contribution is 0.0502. The second kappa shape index (κ2) is 11.1. The largest absolute Gasteiger partial charge is 0.494 e. The smallest absolute Gasteiger partial charge is 0.188 e. The summed E-state index contributed by atoms with van der Waals surface area (Å²) in [5.74, 6) is 2.93. The summed E-state index contributed by atoms with van der Waals surface area (Å²) in [6.07, 6.45) is 0. The van der Waals surface area contributed by atoms with Crippen molar-refractivity contribution in [1.82, 2.24) is 0 Å². The van der Waals surface area contributed by atoms with E-state index in [-0.39, 0.29) is 13.6 Å². The highest BCUT2D eigenvalue weighted by Crippen LogP contribution is 2.46. The molecule has 178 valence electrons. The second-order valence-corrected chi connectivity index (χ2v) is 7.61. The van der Waals surface area contributed by atoms with Crippen molar-refractivity contribution in [2.45, 2.75) is 13.8 Å². The lowest BCUT2D eigenvalue weighted by Gasteiger charge is -2.20. The Labute approximate surface area is 199 Å². The van der Waals surface area contributed by atoms with Crippen molar-refractivity contribution in [2.24, 2.45) is 0 Å². The summed E-state index contributed by atoms with van der Waals surface area (Å²) >= 11 is 0. The molecule has 0 radical (unpaired) electrons. The minimum Gasteiger partial charge on any atom is -0.494 e. The quantitative estimate of drug-likeness (QED) is 0.240. The number of fused-ring (bicyclic) bond motifs is 2. The third-order valence-corrected chi connectivity index (χ3v) is 5.45. The van der Waals surface area contributed by atoms with Gasteiger partial charge in [-0.3, -0.25) is 0 Å². The highest BCUT2D eigenvalue weighted by molar-refractivity contribution is 6.10. The van der Waals surface area contributed by atoms with Gasteiger partial charge in [0.05, 0.1) is 13.2 Å². The molecule has 0 aliphatic carbocycles. The van der Waals surface area contributed by atoms with Gasteiger partial charge in [-0.05, 0) is 71.8 Å². The van der Waals surface area contributed by atoms with E-state index >= 15 is 0 Å². The summed E-state index contributed by atoms with van der Waals surface area (Å²) in [5.41, 5.74) is 1.78. The van der Waals surface area contributed by atoms with Gasteiger partial charge in [0.2, 0.25) is 0 Å². The lowest BCUT2D eigenvalue weighted by Crippen LogP contribution is -2.04. The van der Waals surface area contributed by atoms with Crippen LogP contribution in [0.15, 0.2) is 60.7 Å². The average Bonchev–Trinajstić information content (AvgIpc) is 2.86. The first-order chi connectivity index (χ1) is 16.7. The third kappa shape index (κ3) is 4.88. The molecule has 0 saturated heterocycles. The molecule has 34 heavy (non-hydrogen) atoms. The van der Waals surface area contributed by atoms with Crippen LogP contribution in [0.25, 0.3) is 32.7 Å². The first-order valence-electron chi connectivity index (χ1n) is 11.3. The predicted octanol–water partition coefficient (Wildman–Crippen LogP) is 6.42. The molecule has 0 aromatic heterocycles. The zero-order chi connectivity index (χ0) is 23.9. The molecule has 0 heterocycles. The molecule has 0 aliphatic rings. The molecule has 6 heteroatoms. The van der Waals surface area contributed by atoms with Crippen LogP contribution in [0.2, 0.25) is 0 Å². The maximum absolute atomic E-state index is 6.05. The second-order valence-electron chi connectivity index (χ2n) is 7.61. The van der Waals surface area contributed by atoms with Crippen molar-refractivity contribution in [1.29, 1.82) is 0 Å². The number of methoxy groups -OCH3 is 2. The fourth-order valence-corrected chi connectivity index (χ4v) is 4.07. The van der Waals surface area contributed by atoms with Crippen LogP contribution in [-0.2, 0) is 9.47 Å². The zero-order valence-corrected chi connectivity index (χ0v) is 20.1. The summed E-state index contributed by atoms with van der Waals surface area (Å²) in [4.78, 5) is 0. The minimum absolute atomic E-state index is 0.118. The van der Waals surface area contributed by atoms with Gasteiger partial charge in [0, 0.05) is 25.3 Å². The number of hydrogen-bond donors (Lipinski definition) is 0. The van der Waals surface area contributed by atoms with Crippen LogP contribution < -0.4 is 18.9 Å². The van der Waals surface area contributed by atoms with Crippen molar-refractivity contribution in [3.63, 3.8) is 0 Å². The van der Waals surface area contributed by atoms with Gasteiger partial charge in [0.15, 0.2) is 13.6 Å². The standard InChI is InChI=1S/C28H30O6/c1-5-31-21-11-7-19-9-13-25(33-17-29-3)27(23(19)15-21)28-24-16-22(32-6-2)12-8-20(24)10-14-26(28)34-18-30-4/h7-16H,5-6,17-18H2,1-4H3. The van der Waals surface area contributed by atoms with Gasteiger partial charge < -0.3 is 28.4 Å². The van der Waals surface area contributed by atoms with E-state index < -0.39 is 0 Å². The minimum atomic E-state index is 0.118. The van der Waals surface area contributed by atoms with Crippen molar-refractivity contribution in [3.8, 4) is 34.1 Å². The van der Waals surface area contributed by atoms with Crippen molar-refractivity contribution >= 4 is 21.5 Å². The van der Waals surface area contributed by atoms with E-state index in [4.69, 9.17) is 28.4 Å². The van der Waals surface area contributed by atoms with Crippen LogP contribution in [0.4, 0.5) is 0 Å². The van der Waals surface area contributed by atoms with E-state index in [9.17, 15) is 0 Å². The molecule has 0 atom stereocenters. The van der Waals surface area contributed by atoms with Crippen LogP contribution in [0.1, 0.15) is 13.8 Å². The molecule has 0 saturated carbocycles. The Bertz CT molecular complexity index is 1170. The molecule has 0 spiro atoms. The summed E-state index contributed by atoms with van der Waals surface area (Å²) < 4.78 is 34.2. The average molecular weight is 463 g/mol. The number of benzene rings is 4. The van der Waals surface area contributed by atoms with Crippen LogP contribution in [0.5, 0.6) is 23.0 Å². The van der Waals surface area contributed by atoms with Crippen LogP contribution in [-0.4, -0.2) is 41.0 Å². The number of rotatable bonds is 11. The summed E-state index contributed by atoms with van der Waals surface area (Å²) in [5, 5.41) is 4.07. The van der Waals surface area contributed by atoms with E-state index in [1.807, 2.05) is 62.4 Å². The molecule has 0 aliphatic heterocycles. The van der Waals surface area contributed by atoms with Gasteiger partial charge in [-0.25, -0.2) is 0 Å². The molecule has 4 aromatic rings. The highest BCUT2D eigenvalue weighted by Gasteiger charge is 2.20. The van der Waals surface area contributed by atoms with Gasteiger partial charge in [0.25, 0.3) is 0 Å². The maximum atomic E-state index is 6.05. The van der Waals surface area contributed by atoms with E-state index in [2.05, 4.69) is 12.1 Å². The Kier molecular flexibility index (Phi) is 7.72. The van der Waals surface area contributed by atoms with Gasteiger partial charge in [-0.2, -0.15) is 0 Å². The van der Waals surface area contributed by atoms with Gasteiger partial charge in [-0.1, -0.05) is 24.3 Å². The van der Waals surface area contributed by atoms with E-state index in [1.54, 1.807) is 14.2 Å². The molecular weight excluding hydrogens is 432 g/mol. The molecular formula is C28H30O6. The Morgan fingerprint density at radius 2 is 0.941 bits per heavy atom. The topological polar surface area (TPSA) is 55.4 Å². The predicted molar refractivity (Wildman–Crippen MR) is 134 cm³/mol. The number of ether oxygens (including phenoxy) is 6. The van der Waals surface area contributed by atoms with Gasteiger partial charge >= 0.3 is 0 Å². The fraction of sp³-hybridized carbons (Fsp3) is 0.286. The maximum Gasteiger partial charge on any atom is 0.188 e. The van der Waals surface area contributed by atoms with Crippen LogP contribution in [0.3, 0.4) is 0 Å². The zero-order valence-electron chi connectivity index (χ0n) is 20.1. The van der Waals surface area contributed by atoms with Crippen molar-refractivity contribution < 1.29 is 28.4 Å². The van der Waals surface area contributed by atoms with E-state index in [0.717, 1.165) is 44.2 Å².